The van der Waals surface area contributed by atoms with Crippen LogP contribution in [0.5, 0.6) is 0 Å². The third-order valence-corrected chi connectivity index (χ3v) is 3.55. The van der Waals surface area contributed by atoms with E-state index in [1.165, 1.54) is 0 Å². The smallest absolute Gasteiger partial charge is 0.235 e. The summed E-state index contributed by atoms with van der Waals surface area (Å²) in [7, 11) is 0. The molecule has 0 fully saturated rings. The van der Waals surface area contributed by atoms with Crippen molar-refractivity contribution in [2.75, 3.05) is 0 Å². The lowest BCUT2D eigenvalue weighted by atomic mass is 9.89. The molecule has 0 saturated carbocycles. The Morgan fingerprint density at radius 3 is 2.36 bits per heavy atom. The summed E-state index contributed by atoms with van der Waals surface area (Å²) in [6.07, 6.45) is 6.36. The van der Waals surface area contributed by atoms with Crippen molar-refractivity contribution in [2.45, 2.75) is 37.7 Å². The van der Waals surface area contributed by atoms with Crippen molar-refractivity contribution in [2.24, 2.45) is 0 Å². The largest absolute Gasteiger partial charge is 0.389 e. The molecule has 0 radical (unpaired) electrons. The van der Waals surface area contributed by atoms with Crippen molar-refractivity contribution in [3.63, 3.8) is 0 Å². The van der Waals surface area contributed by atoms with Crippen molar-refractivity contribution in [1.29, 1.82) is 0 Å². The zero-order valence-electron chi connectivity index (χ0n) is 12.6. The van der Waals surface area contributed by atoms with E-state index in [-0.39, 0.29) is 5.78 Å². The SMILES string of the molecule is C=CCC(O)(CC=C)CCCC#CC(=O)c1ccc(Cl)cc1. The highest BCUT2D eigenvalue weighted by Gasteiger charge is 2.22. The van der Waals surface area contributed by atoms with Crippen LogP contribution in [0.25, 0.3) is 0 Å². The highest BCUT2D eigenvalue weighted by atomic mass is 35.5. The number of hydrogen-bond donors (Lipinski definition) is 1. The molecule has 0 aliphatic carbocycles. The van der Waals surface area contributed by atoms with Gasteiger partial charge in [0.25, 0.3) is 0 Å². The Morgan fingerprint density at radius 1 is 1.23 bits per heavy atom. The summed E-state index contributed by atoms with van der Waals surface area (Å²) in [6, 6.07) is 6.65. The first-order valence-corrected chi connectivity index (χ1v) is 7.61. The molecule has 1 aromatic carbocycles. The van der Waals surface area contributed by atoms with E-state index in [0.29, 0.717) is 36.3 Å². The topological polar surface area (TPSA) is 37.3 Å². The van der Waals surface area contributed by atoms with Gasteiger partial charge in [0.05, 0.1) is 5.60 Å². The van der Waals surface area contributed by atoms with Crippen molar-refractivity contribution in [3.8, 4) is 11.8 Å². The molecule has 0 amide bonds. The second-order valence-corrected chi connectivity index (χ2v) is 5.64. The first-order chi connectivity index (χ1) is 10.5. The van der Waals surface area contributed by atoms with E-state index in [4.69, 9.17) is 11.6 Å². The molecule has 22 heavy (non-hydrogen) atoms. The predicted molar refractivity (Wildman–Crippen MR) is 92.0 cm³/mol. The zero-order chi connectivity index (χ0) is 16.4. The quantitative estimate of drug-likeness (QED) is 0.250. The van der Waals surface area contributed by atoms with E-state index in [1.807, 2.05) is 0 Å². The number of carbonyl (C=O) groups is 1. The number of halogens is 1. The average molecular weight is 317 g/mol. The normalized spacial score (nSPS) is 10.5. The summed E-state index contributed by atoms with van der Waals surface area (Å²) in [5.74, 6) is 5.26. The third-order valence-electron chi connectivity index (χ3n) is 3.30. The molecule has 1 aromatic rings. The van der Waals surface area contributed by atoms with Gasteiger partial charge in [0.2, 0.25) is 5.78 Å². The Morgan fingerprint density at radius 2 is 1.82 bits per heavy atom. The highest BCUT2D eigenvalue weighted by molar-refractivity contribution is 6.30. The molecule has 0 atom stereocenters. The molecule has 0 bridgehead atoms. The Balaban J connectivity index is 2.47. The van der Waals surface area contributed by atoms with Crippen molar-refractivity contribution in [3.05, 3.63) is 60.2 Å². The van der Waals surface area contributed by atoms with Crippen molar-refractivity contribution < 1.29 is 9.90 Å². The second-order valence-electron chi connectivity index (χ2n) is 5.20. The fourth-order valence-corrected chi connectivity index (χ4v) is 2.27. The number of aliphatic hydroxyl groups is 1. The molecule has 0 saturated heterocycles. The molecule has 0 aliphatic heterocycles. The van der Waals surface area contributed by atoms with E-state index in [1.54, 1.807) is 36.4 Å². The van der Waals surface area contributed by atoms with Crippen LogP contribution in [-0.2, 0) is 0 Å². The first-order valence-electron chi connectivity index (χ1n) is 7.24. The molecule has 1 N–H and O–H groups in total. The molecule has 0 aromatic heterocycles. The summed E-state index contributed by atoms with van der Waals surface area (Å²) in [5.41, 5.74) is -0.266. The lowest BCUT2D eigenvalue weighted by Gasteiger charge is -2.25. The van der Waals surface area contributed by atoms with Crippen LogP contribution in [0, 0.1) is 11.8 Å². The summed E-state index contributed by atoms with van der Waals surface area (Å²) in [4.78, 5) is 11.8. The van der Waals surface area contributed by atoms with Crippen LogP contribution in [0.4, 0.5) is 0 Å². The van der Waals surface area contributed by atoms with Gasteiger partial charge in [-0.05, 0) is 55.9 Å². The summed E-state index contributed by atoms with van der Waals surface area (Å²) < 4.78 is 0. The molecule has 3 heteroatoms. The summed E-state index contributed by atoms with van der Waals surface area (Å²) >= 11 is 5.77. The minimum atomic E-state index is -0.800. The standard InChI is InChI=1S/C19H21ClO2/c1-3-13-19(22,14-4-2)15-7-5-6-8-18(21)16-9-11-17(20)12-10-16/h3-4,9-12,22H,1-2,5,7,13-15H2. The van der Waals surface area contributed by atoms with Gasteiger partial charge < -0.3 is 5.11 Å². The lowest BCUT2D eigenvalue weighted by Crippen LogP contribution is -2.26. The maximum atomic E-state index is 11.8. The Bertz CT molecular complexity index is 566. The number of Topliss-reactive ketones (excluding diaryl/α,β-unsaturated/α-hetero) is 1. The van der Waals surface area contributed by atoms with Crippen molar-refractivity contribution in [1.82, 2.24) is 0 Å². The van der Waals surface area contributed by atoms with Gasteiger partial charge in [-0.25, -0.2) is 0 Å². The van der Waals surface area contributed by atoms with E-state index >= 15 is 0 Å². The van der Waals surface area contributed by atoms with Gasteiger partial charge in [0.15, 0.2) is 0 Å². The Kier molecular flexibility index (Phi) is 7.66. The summed E-state index contributed by atoms with van der Waals surface area (Å²) in [5, 5.41) is 10.9. The second kappa shape index (κ2) is 9.25. The highest BCUT2D eigenvalue weighted by Crippen LogP contribution is 2.23. The van der Waals surface area contributed by atoms with E-state index in [9.17, 15) is 9.90 Å². The lowest BCUT2D eigenvalue weighted by molar-refractivity contribution is 0.0358. The van der Waals surface area contributed by atoms with Gasteiger partial charge in [-0.15, -0.1) is 13.2 Å². The number of carbonyl (C=O) groups excluding carboxylic acids is 1. The molecule has 0 heterocycles. The Hall–Kier alpha value is -1.82. The molecule has 0 aliphatic rings. The monoisotopic (exact) mass is 316 g/mol. The molecule has 0 spiro atoms. The fraction of sp³-hybridized carbons (Fsp3) is 0.316. The van der Waals surface area contributed by atoms with Crippen LogP contribution in [0.2, 0.25) is 5.02 Å². The molecular formula is C19H21ClO2. The van der Waals surface area contributed by atoms with Gasteiger partial charge >= 0.3 is 0 Å². The molecule has 0 unspecified atom stereocenters. The molecular weight excluding hydrogens is 296 g/mol. The zero-order valence-corrected chi connectivity index (χ0v) is 13.4. The fourth-order valence-electron chi connectivity index (χ4n) is 2.15. The maximum Gasteiger partial charge on any atom is 0.235 e. The molecule has 2 nitrogen and oxygen atoms in total. The van der Waals surface area contributed by atoms with E-state index in [0.717, 1.165) is 6.42 Å². The van der Waals surface area contributed by atoms with Gasteiger partial charge in [0, 0.05) is 17.0 Å². The Labute approximate surface area is 137 Å². The van der Waals surface area contributed by atoms with Crippen LogP contribution in [0.1, 0.15) is 42.5 Å². The number of rotatable bonds is 8. The average Bonchev–Trinajstić information content (AvgIpc) is 2.48. The van der Waals surface area contributed by atoms with Crippen molar-refractivity contribution >= 4 is 17.4 Å². The third kappa shape index (κ3) is 6.30. The predicted octanol–water partition coefficient (Wildman–Crippen LogP) is 4.58. The van der Waals surface area contributed by atoms with Crippen LogP contribution >= 0.6 is 11.6 Å². The number of benzene rings is 1. The maximum absolute atomic E-state index is 11.8. The summed E-state index contributed by atoms with van der Waals surface area (Å²) in [6.45, 7) is 7.32. The van der Waals surface area contributed by atoms with Crippen LogP contribution in [0.3, 0.4) is 0 Å². The minimum absolute atomic E-state index is 0.218. The van der Waals surface area contributed by atoms with Gasteiger partial charge in [-0.2, -0.15) is 0 Å². The van der Waals surface area contributed by atoms with E-state index < -0.39 is 5.60 Å². The molecule has 116 valence electrons. The number of hydrogen-bond acceptors (Lipinski definition) is 2. The molecule has 1 rings (SSSR count). The van der Waals surface area contributed by atoms with Gasteiger partial charge in [-0.3, -0.25) is 4.79 Å². The van der Waals surface area contributed by atoms with Gasteiger partial charge in [0.1, 0.15) is 0 Å². The van der Waals surface area contributed by atoms with Gasteiger partial charge in [-0.1, -0.05) is 29.7 Å². The number of unbranched alkanes of at least 4 members (excludes halogenated alkanes) is 1. The van der Waals surface area contributed by atoms with E-state index in [2.05, 4.69) is 25.0 Å². The number of ketones is 1. The first kappa shape index (κ1) is 18.2. The van der Waals surface area contributed by atoms with Crippen LogP contribution in [-0.4, -0.2) is 16.5 Å². The minimum Gasteiger partial charge on any atom is -0.389 e. The van der Waals surface area contributed by atoms with Crippen LogP contribution < -0.4 is 0 Å². The van der Waals surface area contributed by atoms with Crippen LogP contribution in [0.15, 0.2) is 49.6 Å².